The summed E-state index contributed by atoms with van der Waals surface area (Å²) in [6.07, 6.45) is 11.6. The van der Waals surface area contributed by atoms with E-state index in [-0.39, 0.29) is 18.0 Å². The van der Waals surface area contributed by atoms with E-state index in [9.17, 15) is 9.90 Å². The zero-order chi connectivity index (χ0) is 41.6. The molecule has 0 saturated heterocycles. The number of halogens is 2. The van der Waals surface area contributed by atoms with Crippen LogP contribution in [0.4, 0.5) is 0 Å². The van der Waals surface area contributed by atoms with Gasteiger partial charge in [0.1, 0.15) is 6.10 Å². The van der Waals surface area contributed by atoms with Crippen molar-refractivity contribution in [3.8, 4) is 11.1 Å². The van der Waals surface area contributed by atoms with E-state index in [1.807, 2.05) is 86.7 Å². The molecule has 1 aliphatic carbocycles. The highest BCUT2D eigenvalue weighted by Gasteiger charge is 2.27. The number of nitrogens with zero attached hydrogens (tertiary/aromatic N) is 2. The van der Waals surface area contributed by atoms with Crippen molar-refractivity contribution in [1.29, 1.82) is 0 Å². The van der Waals surface area contributed by atoms with Crippen LogP contribution in [-0.4, -0.2) is 38.7 Å². The number of thioether (sulfide) groups is 1. The molecule has 0 radical (unpaired) electrons. The van der Waals surface area contributed by atoms with E-state index >= 15 is 0 Å². The number of rotatable bonds is 15. The minimum Gasteiger partial charge on any atom is -0.462 e. The summed E-state index contributed by atoms with van der Waals surface area (Å²) in [5, 5.41) is 14.7. The summed E-state index contributed by atoms with van der Waals surface area (Å²) in [4.78, 5) is 22.0. The second kappa shape index (κ2) is 18.6. The lowest BCUT2D eigenvalue weighted by Crippen LogP contribution is -2.20. The van der Waals surface area contributed by atoms with E-state index in [2.05, 4.69) is 78.9 Å². The SMILES string of the molecule is CC(C)(O)c1ccccc1[C@H](CCSCCC(=O)OC1CC1)c1ccc(-c2cccc(/C=C/c3ccc4ccc(Cl)cc4n3)c2)c(/C=C/c2ccc3ccc(Cl)cc3n2)c1. The maximum Gasteiger partial charge on any atom is 0.306 e. The van der Waals surface area contributed by atoms with Crippen molar-refractivity contribution >= 4 is 87.0 Å². The predicted octanol–water partition coefficient (Wildman–Crippen LogP) is 13.7. The Morgan fingerprint density at radius 1 is 0.767 bits per heavy atom. The molecule has 1 N–H and O–H groups in total. The van der Waals surface area contributed by atoms with Crippen LogP contribution in [0.2, 0.25) is 10.0 Å². The van der Waals surface area contributed by atoms with Crippen molar-refractivity contribution in [2.24, 2.45) is 0 Å². The number of fused-ring (bicyclic) bond motifs is 2. The second-order valence-electron chi connectivity index (χ2n) is 15.8. The monoisotopic (exact) mass is 848 g/mol. The molecule has 2 aromatic heterocycles. The number of carbonyl (C=O) groups excluding carboxylic acids is 1. The third-order valence-electron chi connectivity index (χ3n) is 10.7. The van der Waals surface area contributed by atoms with Crippen LogP contribution in [0.25, 0.3) is 57.2 Å². The van der Waals surface area contributed by atoms with Gasteiger partial charge in [0.25, 0.3) is 0 Å². The van der Waals surface area contributed by atoms with Crippen LogP contribution in [0.3, 0.4) is 0 Å². The fourth-order valence-corrected chi connectivity index (χ4v) is 8.76. The van der Waals surface area contributed by atoms with Crippen LogP contribution >= 0.6 is 35.0 Å². The lowest BCUT2D eigenvalue weighted by molar-refractivity contribution is -0.144. The van der Waals surface area contributed by atoms with Crippen LogP contribution in [0.5, 0.6) is 0 Å². The zero-order valence-electron chi connectivity index (χ0n) is 33.7. The Bertz CT molecular complexity index is 2740. The molecule has 1 aliphatic rings. The highest BCUT2D eigenvalue weighted by atomic mass is 35.5. The lowest BCUT2D eigenvalue weighted by atomic mass is 9.80. The molecular formula is C52H46Cl2N2O3S. The van der Waals surface area contributed by atoms with Gasteiger partial charge in [-0.25, -0.2) is 9.97 Å². The molecule has 0 aliphatic heterocycles. The molecule has 7 aromatic rings. The molecule has 8 heteroatoms. The molecule has 5 nitrogen and oxygen atoms in total. The maximum atomic E-state index is 12.3. The van der Waals surface area contributed by atoms with E-state index in [4.69, 9.17) is 37.9 Å². The summed E-state index contributed by atoms with van der Waals surface area (Å²) >= 11 is 14.4. The first-order valence-electron chi connectivity index (χ1n) is 20.4. The van der Waals surface area contributed by atoms with Crippen molar-refractivity contribution in [1.82, 2.24) is 9.97 Å². The third-order valence-corrected chi connectivity index (χ3v) is 12.2. The summed E-state index contributed by atoms with van der Waals surface area (Å²) in [7, 11) is 0. The number of esters is 1. The topological polar surface area (TPSA) is 72.3 Å². The van der Waals surface area contributed by atoms with Gasteiger partial charge in [-0.15, -0.1) is 0 Å². The Morgan fingerprint density at radius 3 is 2.12 bits per heavy atom. The first-order chi connectivity index (χ1) is 29.1. The van der Waals surface area contributed by atoms with E-state index in [0.29, 0.717) is 22.2 Å². The van der Waals surface area contributed by atoms with Gasteiger partial charge >= 0.3 is 5.97 Å². The molecule has 1 saturated carbocycles. The lowest BCUT2D eigenvalue weighted by Gasteiger charge is -2.27. The first kappa shape index (κ1) is 41.5. The Kier molecular flexibility index (Phi) is 12.8. The molecule has 60 heavy (non-hydrogen) atoms. The normalized spacial score (nSPS) is 13.8. The Hall–Kier alpha value is -5.24. The molecule has 5 aromatic carbocycles. The molecule has 0 unspecified atom stereocenters. The number of pyridine rings is 2. The van der Waals surface area contributed by atoms with E-state index in [1.165, 1.54) is 0 Å². The van der Waals surface area contributed by atoms with Gasteiger partial charge in [0.15, 0.2) is 0 Å². The van der Waals surface area contributed by atoms with Crippen molar-refractivity contribution in [3.63, 3.8) is 0 Å². The number of hydrogen-bond acceptors (Lipinski definition) is 6. The molecule has 1 atom stereocenters. The number of aromatic nitrogens is 2. The molecule has 1 fully saturated rings. The molecule has 0 amide bonds. The van der Waals surface area contributed by atoms with Crippen LogP contribution in [0, 0.1) is 0 Å². The summed E-state index contributed by atoms with van der Waals surface area (Å²) < 4.78 is 5.47. The molecular weight excluding hydrogens is 804 g/mol. The molecule has 0 spiro atoms. The summed E-state index contributed by atoms with van der Waals surface area (Å²) in [6.45, 7) is 3.69. The average molecular weight is 850 g/mol. The maximum absolute atomic E-state index is 12.3. The molecule has 2 heterocycles. The quantitative estimate of drug-likeness (QED) is 0.0818. The highest BCUT2D eigenvalue weighted by molar-refractivity contribution is 7.99. The van der Waals surface area contributed by atoms with Crippen molar-refractivity contribution in [3.05, 3.63) is 177 Å². The summed E-state index contributed by atoms with van der Waals surface area (Å²) in [6, 6.07) is 43.1. The Morgan fingerprint density at radius 2 is 1.43 bits per heavy atom. The standard InChI is InChI=1S/C52H46Cl2N2O3S/c1-52(2,58)48-9-4-3-8-47(48)46(26-28-60-29-27-51(57)59-44-23-24-44)39-16-25-45(38(31-39)15-22-43-21-14-36-12-18-41(54)33-50(36)56-43)37-7-5-6-34(30-37)10-19-42-20-13-35-11-17-40(53)32-49(35)55-42/h3-22,25,30-33,44,46,58H,23-24,26-29H2,1-2H3/b19-10+,22-15+/t46-/m1/s1. The molecule has 302 valence electrons. The zero-order valence-corrected chi connectivity index (χ0v) is 36.0. The molecule has 0 bridgehead atoms. The van der Waals surface area contributed by atoms with Crippen molar-refractivity contribution in [2.75, 3.05) is 11.5 Å². The smallest absolute Gasteiger partial charge is 0.306 e. The largest absolute Gasteiger partial charge is 0.462 e. The van der Waals surface area contributed by atoms with Gasteiger partial charge in [-0.1, -0.05) is 120 Å². The number of carbonyl (C=O) groups is 1. The molecule has 8 rings (SSSR count). The van der Waals surface area contributed by atoms with Gasteiger partial charge in [0.05, 0.1) is 34.4 Å². The van der Waals surface area contributed by atoms with Gasteiger partial charge in [-0.05, 0) is 132 Å². The van der Waals surface area contributed by atoms with Crippen molar-refractivity contribution in [2.45, 2.75) is 57.2 Å². The third kappa shape index (κ3) is 10.5. The van der Waals surface area contributed by atoms with Crippen LogP contribution in [0.15, 0.2) is 127 Å². The predicted molar refractivity (Wildman–Crippen MR) is 252 cm³/mol. The fourth-order valence-electron chi connectivity index (χ4n) is 7.51. The Labute approximate surface area is 366 Å². The van der Waals surface area contributed by atoms with Crippen LogP contribution in [-0.2, 0) is 15.1 Å². The van der Waals surface area contributed by atoms with Crippen LogP contribution in [0.1, 0.15) is 84.7 Å². The first-order valence-corrected chi connectivity index (χ1v) is 22.3. The highest BCUT2D eigenvalue weighted by Crippen LogP contribution is 2.39. The van der Waals surface area contributed by atoms with E-state index < -0.39 is 5.60 Å². The van der Waals surface area contributed by atoms with Crippen molar-refractivity contribution < 1.29 is 14.6 Å². The van der Waals surface area contributed by atoms with Gasteiger partial charge in [-0.2, -0.15) is 11.8 Å². The number of ether oxygens (including phenoxy) is 1. The van der Waals surface area contributed by atoms with E-state index in [1.54, 1.807) is 11.8 Å². The minimum atomic E-state index is -1.04. The summed E-state index contributed by atoms with van der Waals surface area (Å²) in [5.41, 5.74) is 9.68. The van der Waals surface area contributed by atoms with E-state index in [0.717, 1.165) is 97.2 Å². The van der Waals surface area contributed by atoms with Crippen LogP contribution < -0.4 is 0 Å². The van der Waals surface area contributed by atoms with Gasteiger partial charge in [0, 0.05) is 32.5 Å². The average Bonchev–Trinajstić information content (AvgIpc) is 4.06. The second-order valence-corrected chi connectivity index (χ2v) is 17.9. The Balaban J connectivity index is 1.15. The van der Waals surface area contributed by atoms with Gasteiger partial charge in [-0.3, -0.25) is 4.79 Å². The van der Waals surface area contributed by atoms with Gasteiger partial charge < -0.3 is 9.84 Å². The number of aliphatic hydroxyl groups is 1. The summed E-state index contributed by atoms with van der Waals surface area (Å²) in [5.74, 6) is 1.42. The minimum absolute atomic E-state index is 0.0146. The van der Waals surface area contributed by atoms with Gasteiger partial charge in [0.2, 0.25) is 0 Å². The fraction of sp³-hybridized carbons (Fsp3) is 0.212. The number of hydrogen-bond donors (Lipinski definition) is 1. The number of benzene rings is 5.